The molecule has 1 unspecified atom stereocenters. The molecule has 0 aromatic heterocycles. The van der Waals surface area contributed by atoms with Crippen molar-refractivity contribution in [3.05, 3.63) is 53.6 Å². The number of aliphatic hydroxyl groups is 1. The standard InChI is InChI=1S/C30H38ClN3O5/c1-5-15-32-16-7-13-29(6-2)23(26(32)36)24-27(37)34(22(18-35)19(3)4)25-28(38)33(17-8-14-30(24,25)39-29)21-11-9-20(31)10-12-21/h7-14,19,22-25,35H,5-6,15-18H2,1-4H3/t22-,23-,24-,25?,29+,30-/m0/s1. The lowest BCUT2D eigenvalue weighted by Crippen LogP contribution is -2.60. The Hall–Kier alpha value is -2.68. The van der Waals surface area contributed by atoms with Gasteiger partial charge in [0, 0.05) is 30.3 Å². The van der Waals surface area contributed by atoms with Crippen molar-refractivity contribution in [2.45, 2.75) is 63.8 Å². The van der Waals surface area contributed by atoms with Crippen molar-refractivity contribution < 1.29 is 24.2 Å². The van der Waals surface area contributed by atoms with E-state index in [4.69, 9.17) is 16.3 Å². The molecule has 0 saturated carbocycles. The molecule has 4 heterocycles. The number of rotatable bonds is 7. The van der Waals surface area contributed by atoms with Crippen LogP contribution in [0.15, 0.2) is 48.6 Å². The van der Waals surface area contributed by atoms with Gasteiger partial charge in [-0.25, -0.2) is 0 Å². The van der Waals surface area contributed by atoms with Crippen LogP contribution in [0.3, 0.4) is 0 Å². The number of anilines is 1. The van der Waals surface area contributed by atoms with Crippen LogP contribution in [-0.4, -0.2) is 82.2 Å². The largest absolute Gasteiger partial charge is 0.394 e. The second-order valence-electron chi connectivity index (χ2n) is 11.4. The van der Waals surface area contributed by atoms with E-state index in [9.17, 15) is 19.5 Å². The van der Waals surface area contributed by atoms with Gasteiger partial charge in [0.15, 0.2) is 0 Å². The number of ether oxygens (including phenoxy) is 1. The Morgan fingerprint density at radius 3 is 2.31 bits per heavy atom. The Labute approximate surface area is 235 Å². The summed E-state index contributed by atoms with van der Waals surface area (Å²) in [6.07, 6.45) is 8.89. The van der Waals surface area contributed by atoms with E-state index in [0.717, 1.165) is 6.42 Å². The molecule has 1 aromatic rings. The summed E-state index contributed by atoms with van der Waals surface area (Å²) < 4.78 is 6.99. The molecule has 210 valence electrons. The maximum atomic E-state index is 14.6. The average molecular weight is 556 g/mol. The monoisotopic (exact) mass is 555 g/mol. The fraction of sp³-hybridized carbons (Fsp3) is 0.567. The van der Waals surface area contributed by atoms with Gasteiger partial charge < -0.3 is 24.5 Å². The van der Waals surface area contributed by atoms with Gasteiger partial charge in [-0.2, -0.15) is 0 Å². The van der Waals surface area contributed by atoms with Gasteiger partial charge in [-0.1, -0.05) is 63.6 Å². The zero-order valence-corrected chi connectivity index (χ0v) is 23.8. The molecule has 0 bridgehead atoms. The summed E-state index contributed by atoms with van der Waals surface area (Å²) in [5.41, 5.74) is -1.72. The molecule has 3 amide bonds. The van der Waals surface area contributed by atoms with Crippen LogP contribution in [0.5, 0.6) is 0 Å². The van der Waals surface area contributed by atoms with E-state index in [1.165, 1.54) is 4.90 Å². The number of likely N-dealkylation sites (tertiary alicyclic amines) is 1. The second kappa shape index (κ2) is 10.4. The molecule has 4 aliphatic rings. The number of hydrogen-bond donors (Lipinski definition) is 1. The van der Waals surface area contributed by atoms with Crippen molar-refractivity contribution >= 4 is 35.0 Å². The van der Waals surface area contributed by atoms with Crippen molar-refractivity contribution in [1.82, 2.24) is 9.80 Å². The third-order valence-electron chi connectivity index (χ3n) is 8.91. The minimum atomic E-state index is -1.35. The number of nitrogens with zero attached hydrogens (tertiary/aromatic N) is 3. The van der Waals surface area contributed by atoms with E-state index in [2.05, 4.69) is 0 Å². The lowest BCUT2D eigenvalue weighted by molar-refractivity contribution is -0.153. The molecule has 9 heteroatoms. The van der Waals surface area contributed by atoms with E-state index in [-0.39, 0.29) is 36.8 Å². The maximum absolute atomic E-state index is 14.6. The number of carbonyl (C=O) groups excluding carboxylic acids is 3. The maximum Gasteiger partial charge on any atom is 0.253 e. The Kier molecular flexibility index (Phi) is 7.42. The van der Waals surface area contributed by atoms with Crippen molar-refractivity contribution in [1.29, 1.82) is 0 Å². The third kappa shape index (κ3) is 4.14. The van der Waals surface area contributed by atoms with Gasteiger partial charge >= 0.3 is 0 Å². The van der Waals surface area contributed by atoms with Crippen LogP contribution in [-0.2, 0) is 19.1 Å². The number of halogens is 1. The molecule has 6 atom stereocenters. The first-order valence-corrected chi connectivity index (χ1v) is 14.4. The minimum absolute atomic E-state index is 0.121. The summed E-state index contributed by atoms with van der Waals surface area (Å²) >= 11 is 6.12. The highest BCUT2D eigenvalue weighted by Gasteiger charge is 2.76. The van der Waals surface area contributed by atoms with Crippen LogP contribution in [0.1, 0.15) is 40.5 Å². The van der Waals surface area contributed by atoms with Crippen LogP contribution >= 0.6 is 11.6 Å². The van der Waals surface area contributed by atoms with Crippen LogP contribution < -0.4 is 4.90 Å². The Balaban J connectivity index is 1.70. The van der Waals surface area contributed by atoms with Crippen molar-refractivity contribution in [3.63, 3.8) is 0 Å². The Morgan fingerprint density at radius 2 is 1.69 bits per heavy atom. The average Bonchev–Trinajstić information content (AvgIpc) is 3.20. The van der Waals surface area contributed by atoms with Gasteiger partial charge in [0.2, 0.25) is 11.8 Å². The van der Waals surface area contributed by atoms with Crippen LogP contribution in [0.4, 0.5) is 5.69 Å². The van der Waals surface area contributed by atoms with Gasteiger partial charge in [-0.15, -0.1) is 0 Å². The molecule has 5 rings (SSSR count). The first-order chi connectivity index (χ1) is 18.7. The van der Waals surface area contributed by atoms with Gasteiger partial charge in [0.25, 0.3) is 5.91 Å². The summed E-state index contributed by atoms with van der Waals surface area (Å²) in [5, 5.41) is 11.0. The first-order valence-electron chi connectivity index (χ1n) is 14.0. The normalized spacial score (nSPS) is 32.8. The highest BCUT2D eigenvalue weighted by Crippen LogP contribution is 2.59. The Morgan fingerprint density at radius 1 is 1.00 bits per heavy atom. The SMILES string of the molecule is CCCN1CC=C[C@@]2(CC)O[C@]34C=CCN(c5ccc(Cl)cc5)C(=O)C3N([C@@H](CO)C(C)C)C(=O)[C@@H]4[C@H]2C1=O. The predicted molar refractivity (Wildman–Crippen MR) is 149 cm³/mol. The number of aliphatic hydroxyl groups excluding tert-OH is 1. The summed E-state index contributed by atoms with van der Waals surface area (Å²) in [5.74, 6) is -2.54. The second-order valence-corrected chi connectivity index (χ2v) is 11.8. The Bertz CT molecular complexity index is 1200. The highest BCUT2D eigenvalue weighted by atomic mass is 35.5. The van der Waals surface area contributed by atoms with E-state index in [1.807, 2.05) is 52.0 Å². The summed E-state index contributed by atoms with van der Waals surface area (Å²) in [6.45, 7) is 8.82. The van der Waals surface area contributed by atoms with Gasteiger partial charge in [-0.3, -0.25) is 14.4 Å². The number of hydrogen-bond acceptors (Lipinski definition) is 5. The van der Waals surface area contributed by atoms with Crippen molar-refractivity contribution in [2.75, 3.05) is 31.1 Å². The van der Waals surface area contributed by atoms with E-state index in [1.54, 1.807) is 34.1 Å². The fourth-order valence-electron chi connectivity index (χ4n) is 7.05. The lowest BCUT2D eigenvalue weighted by Gasteiger charge is -2.41. The molecule has 1 spiro atoms. The quantitative estimate of drug-likeness (QED) is 0.521. The topological polar surface area (TPSA) is 90.4 Å². The first kappa shape index (κ1) is 27.9. The van der Waals surface area contributed by atoms with Crippen LogP contribution in [0.2, 0.25) is 5.02 Å². The van der Waals surface area contributed by atoms with Gasteiger partial charge in [0.1, 0.15) is 11.6 Å². The third-order valence-corrected chi connectivity index (χ3v) is 9.16. The summed E-state index contributed by atoms with van der Waals surface area (Å²) in [4.78, 5) is 48.2. The molecule has 0 radical (unpaired) electrons. The zero-order chi connectivity index (χ0) is 28.1. The van der Waals surface area contributed by atoms with E-state index >= 15 is 0 Å². The number of fused-ring (bicyclic) bond motifs is 2. The predicted octanol–water partition coefficient (Wildman–Crippen LogP) is 3.43. The molecule has 8 nitrogen and oxygen atoms in total. The molecule has 2 fully saturated rings. The molecule has 4 aliphatic heterocycles. The van der Waals surface area contributed by atoms with Gasteiger partial charge in [-0.05, 0) is 43.0 Å². The number of carbonyl (C=O) groups is 3. The molecular formula is C30H38ClN3O5. The molecule has 0 aliphatic carbocycles. The fourth-order valence-corrected chi connectivity index (χ4v) is 7.18. The minimum Gasteiger partial charge on any atom is -0.394 e. The summed E-state index contributed by atoms with van der Waals surface area (Å²) in [7, 11) is 0. The van der Waals surface area contributed by atoms with Crippen molar-refractivity contribution in [2.24, 2.45) is 17.8 Å². The molecule has 2 saturated heterocycles. The van der Waals surface area contributed by atoms with E-state index in [0.29, 0.717) is 30.2 Å². The molecular weight excluding hydrogens is 518 g/mol. The molecule has 39 heavy (non-hydrogen) atoms. The zero-order valence-electron chi connectivity index (χ0n) is 23.0. The van der Waals surface area contributed by atoms with Crippen LogP contribution in [0, 0.1) is 17.8 Å². The number of benzene rings is 1. The highest BCUT2D eigenvalue weighted by molar-refractivity contribution is 6.30. The smallest absolute Gasteiger partial charge is 0.253 e. The van der Waals surface area contributed by atoms with E-state index < -0.39 is 35.1 Å². The van der Waals surface area contributed by atoms with Crippen LogP contribution in [0.25, 0.3) is 0 Å². The van der Waals surface area contributed by atoms with Crippen molar-refractivity contribution in [3.8, 4) is 0 Å². The number of amides is 3. The lowest BCUT2D eigenvalue weighted by atomic mass is 9.73. The molecule has 1 N–H and O–H groups in total. The summed E-state index contributed by atoms with van der Waals surface area (Å²) in [6, 6.07) is 5.34. The van der Waals surface area contributed by atoms with Gasteiger partial charge in [0.05, 0.1) is 30.1 Å². The molecule has 1 aromatic carbocycles.